The second-order valence-electron chi connectivity index (χ2n) is 5.30. The van der Waals surface area contributed by atoms with Crippen LogP contribution in [0.15, 0.2) is 59.6 Å². The van der Waals surface area contributed by atoms with Crippen LogP contribution in [0.2, 0.25) is 0 Å². The smallest absolute Gasteiger partial charge is 0.0941 e. The number of fused-ring (bicyclic) bond motifs is 3. The Kier molecular flexibility index (Phi) is 2.04. The van der Waals surface area contributed by atoms with Crippen molar-refractivity contribution in [3.8, 4) is 0 Å². The molecule has 0 aromatic heterocycles. The van der Waals surface area contributed by atoms with E-state index in [0.29, 0.717) is 6.04 Å². The number of nitrogens with zero attached hydrogens (tertiary/aromatic N) is 2. The van der Waals surface area contributed by atoms with Crippen molar-refractivity contribution < 1.29 is 0 Å². The average Bonchev–Trinajstić information content (AvgIpc) is 2.95. The van der Waals surface area contributed by atoms with Crippen molar-refractivity contribution in [3.05, 3.63) is 71.3 Å². The van der Waals surface area contributed by atoms with Crippen LogP contribution in [0.4, 0.5) is 0 Å². The van der Waals surface area contributed by atoms with Gasteiger partial charge in [-0.3, -0.25) is 9.89 Å². The molecule has 94 valence electrons. The van der Waals surface area contributed by atoms with Crippen LogP contribution in [0.1, 0.15) is 16.7 Å². The zero-order chi connectivity index (χ0) is 13.0. The highest BCUT2D eigenvalue weighted by Crippen LogP contribution is 2.60. The number of aliphatic imine (C=N–C) groups is 1. The van der Waals surface area contributed by atoms with E-state index in [0.717, 1.165) is 0 Å². The Balaban J connectivity index is 2.01. The lowest BCUT2D eigenvalue weighted by atomic mass is 9.91. The summed E-state index contributed by atoms with van der Waals surface area (Å²) < 4.78 is 0. The molecule has 2 aliphatic rings. The van der Waals surface area contributed by atoms with Crippen molar-refractivity contribution in [3.63, 3.8) is 0 Å². The third-order valence-electron chi connectivity index (χ3n) is 4.60. The van der Waals surface area contributed by atoms with Crippen LogP contribution in [0, 0.1) is 0 Å². The van der Waals surface area contributed by atoms with E-state index >= 15 is 0 Å². The Hall–Kier alpha value is -1.93. The van der Waals surface area contributed by atoms with Gasteiger partial charge in [-0.1, -0.05) is 54.6 Å². The molecular formula is C17H16N2. The molecule has 0 radical (unpaired) electrons. The molecule has 2 heteroatoms. The van der Waals surface area contributed by atoms with Gasteiger partial charge in [0.1, 0.15) is 0 Å². The zero-order valence-electron chi connectivity index (χ0n) is 11.2. The van der Waals surface area contributed by atoms with Crippen LogP contribution in [0.3, 0.4) is 0 Å². The Morgan fingerprint density at radius 1 is 1.00 bits per heavy atom. The zero-order valence-corrected chi connectivity index (χ0v) is 11.2. The topological polar surface area (TPSA) is 15.4 Å². The van der Waals surface area contributed by atoms with Gasteiger partial charge in [-0.15, -0.1) is 0 Å². The molecule has 0 spiro atoms. The van der Waals surface area contributed by atoms with Gasteiger partial charge in [-0.05, 0) is 18.2 Å². The normalized spacial score (nSPS) is 33.1. The first-order valence-corrected chi connectivity index (χ1v) is 6.67. The van der Waals surface area contributed by atoms with Gasteiger partial charge in [0.15, 0.2) is 0 Å². The van der Waals surface area contributed by atoms with Crippen molar-refractivity contribution in [2.24, 2.45) is 4.99 Å². The van der Waals surface area contributed by atoms with Crippen LogP contribution < -0.4 is 0 Å². The van der Waals surface area contributed by atoms with Crippen LogP contribution in [0.25, 0.3) is 0 Å². The molecule has 1 aliphatic carbocycles. The van der Waals surface area contributed by atoms with Gasteiger partial charge in [-0.25, -0.2) is 0 Å². The fourth-order valence-corrected chi connectivity index (χ4v) is 3.77. The highest BCUT2D eigenvalue weighted by molar-refractivity contribution is 6.13. The number of likely N-dealkylation sites (N-methyl/N-ethyl adjacent to an activating group) is 1. The van der Waals surface area contributed by atoms with Crippen LogP contribution in [-0.4, -0.2) is 30.7 Å². The standard InChI is InChI=1S/C17H16N2/c1-18-15-13-10-6-7-11-14(13)17(16(15)19(17)2)12-8-4-3-5-9-12/h3-11,16H,1-2H3. The molecule has 1 fully saturated rings. The molecule has 3 unspecified atom stereocenters. The second-order valence-corrected chi connectivity index (χ2v) is 5.30. The monoisotopic (exact) mass is 248 g/mol. The van der Waals surface area contributed by atoms with E-state index in [9.17, 15) is 0 Å². The van der Waals surface area contributed by atoms with Gasteiger partial charge in [0.25, 0.3) is 0 Å². The van der Waals surface area contributed by atoms with Gasteiger partial charge < -0.3 is 0 Å². The molecule has 1 heterocycles. The van der Waals surface area contributed by atoms with Crippen LogP contribution in [-0.2, 0) is 5.54 Å². The summed E-state index contributed by atoms with van der Waals surface area (Å²) in [6.45, 7) is 0. The van der Waals surface area contributed by atoms with E-state index in [1.165, 1.54) is 22.4 Å². The van der Waals surface area contributed by atoms with Crippen LogP contribution in [0.5, 0.6) is 0 Å². The van der Waals surface area contributed by atoms with E-state index in [4.69, 9.17) is 0 Å². The molecule has 1 aliphatic heterocycles. The number of hydrogen-bond donors (Lipinski definition) is 0. The first-order valence-electron chi connectivity index (χ1n) is 6.67. The first kappa shape index (κ1) is 10.9. The number of benzene rings is 2. The van der Waals surface area contributed by atoms with E-state index in [1.807, 2.05) is 7.05 Å². The van der Waals surface area contributed by atoms with Crippen molar-refractivity contribution in [1.82, 2.24) is 4.90 Å². The van der Waals surface area contributed by atoms with Gasteiger partial charge in [0.2, 0.25) is 0 Å². The average molecular weight is 248 g/mol. The SMILES string of the molecule is CN=C1c2ccccc2C2(c3ccccc3)C1N2C. The minimum Gasteiger partial charge on any atom is -0.291 e. The molecule has 2 aromatic rings. The lowest BCUT2D eigenvalue weighted by molar-refractivity contribution is 0.534. The summed E-state index contributed by atoms with van der Waals surface area (Å²) in [5, 5.41) is 0. The molecule has 0 N–H and O–H groups in total. The predicted molar refractivity (Wildman–Crippen MR) is 77.7 cm³/mol. The first-order chi connectivity index (χ1) is 9.31. The van der Waals surface area contributed by atoms with Gasteiger partial charge in [-0.2, -0.15) is 0 Å². The maximum Gasteiger partial charge on any atom is 0.0941 e. The molecule has 2 nitrogen and oxygen atoms in total. The Bertz CT molecular complexity index is 675. The Morgan fingerprint density at radius 3 is 2.42 bits per heavy atom. The summed E-state index contributed by atoms with van der Waals surface area (Å²) in [7, 11) is 4.10. The molecule has 1 saturated heterocycles. The molecule has 0 bridgehead atoms. The highest BCUT2D eigenvalue weighted by atomic mass is 15.4. The maximum absolute atomic E-state index is 4.55. The van der Waals surface area contributed by atoms with Gasteiger partial charge in [0, 0.05) is 12.6 Å². The molecule has 2 aromatic carbocycles. The van der Waals surface area contributed by atoms with Gasteiger partial charge >= 0.3 is 0 Å². The molecule has 0 saturated carbocycles. The third kappa shape index (κ3) is 1.13. The largest absolute Gasteiger partial charge is 0.291 e. The summed E-state index contributed by atoms with van der Waals surface area (Å²) in [6.07, 6.45) is 0. The molecule has 19 heavy (non-hydrogen) atoms. The van der Waals surface area contributed by atoms with Crippen molar-refractivity contribution in [2.45, 2.75) is 11.6 Å². The summed E-state index contributed by atoms with van der Waals surface area (Å²) >= 11 is 0. The van der Waals surface area contributed by atoms with Crippen LogP contribution >= 0.6 is 0 Å². The molecule has 3 atom stereocenters. The van der Waals surface area contributed by atoms with E-state index < -0.39 is 0 Å². The lowest BCUT2D eigenvalue weighted by Gasteiger charge is -2.17. The minimum atomic E-state index is 0.0205. The second kappa shape index (κ2) is 3.55. The summed E-state index contributed by atoms with van der Waals surface area (Å²) in [6, 6.07) is 19.9. The van der Waals surface area contributed by atoms with E-state index in [2.05, 4.69) is 71.5 Å². The highest BCUT2D eigenvalue weighted by Gasteiger charge is 2.69. The Morgan fingerprint density at radius 2 is 1.68 bits per heavy atom. The minimum absolute atomic E-state index is 0.0205. The summed E-state index contributed by atoms with van der Waals surface area (Å²) in [4.78, 5) is 6.97. The maximum atomic E-state index is 4.55. The van der Waals surface area contributed by atoms with Crippen molar-refractivity contribution in [1.29, 1.82) is 0 Å². The van der Waals surface area contributed by atoms with Crippen molar-refractivity contribution >= 4 is 5.71 Å². The quantitative estimate of drug-likeness (QED) is 0.708. The summed E-state index contributed by atoms with van der Waals surface area (Å²) in [5.41, 5.74) is 5.33. The fourth-order valence-electron chi connectivity index (χ4n) is 3.77. The van der Waals surface area contributed by atoms with E-state index in [-0.39, 0.29) is 5.54 Å². The lowest BCUT2D eigenvalue weighted by Crippen LogP contribution is -2.16. The third-order valence-corrected chi connectivity index (χ3v) is 4.60. The fraction of sp³-hybridized carbons (Fsp3) is 0.235. The molecular weight excluding hydrogens is 232 g/mol. The molecule has 4 rings (SSSR count). The van der Waals surface area contributed by atoms with Gasteiger partial charge in [0.05, 0.1) is 17.3 Å². The van der Waals surface area contributed by atoms with E-state index in [1.54, 1.807) is 0 Å². The Labute approximate surface area is 113 Å². The van der Waals surface area contributed by atoms with Crippen molar-refractivity contribution in [2.75, 3.05) is 14.1 Å². The number of rotatable bonds is 1. The predicted octanol–water partition coefficient (Wildman–Crippen LogP) is 2.68. The molecule has 0 amide bonds. The summed E-state index contributed by atoms with van der Waals surface area (Å²) in [5.74, 6) is 0. The number of hydrogen-bond acceptors (Lipinski definition) is 2.